The highest BCUT2D eigenvalue weighted by molar-refractivity contribution is 4.74. The molecule has 0 radical (unpaired) electrons. The van der Waals surface area contributed by atoms with E-state index in [9.17, 15) is 0 Å². The summed E-state index contributed by atoms with van der Waals surface area (Å²) >= 11 is 0. The molecule has 1 unspecified atom stereocenters. The van der Waals surface area contributed by atoms with Crippen molar-refractivity contribution in [3.05, 3.63) is 0 Å². The normalized spacial score (nSPS) is 22.3. The number of likely N-dealkylation sites (tertiary alicyclic amines) is 1. The van der Waals surface area contributed by atoms with Crippen LogP contribution >= 0.6 is 0 Å². The van der Waals surface area contributed by atoms with Crippen molar-refractivity contribution >= 4 is 0 Å². The Hall–Kier alpha value is -0.0800. The molecule has 0 aromatic carbocycles. The molecule has 1 N–H and O–H groups in total. The maximum atomic E-state index is 3.54. The van der Waals surface area contributed by atoms with Crippen LogP contribution in [0.5, 0.6) is 0 Å². The fourth-order valence-corrected chi connectivity index (χ4v) is 2.95. The summed E-state index contributed by atoms with van der Waals surface area (Å²) in [5.41, 5.74) is 0. The fraction of sp³-hybridized carbons (Fsp3) is 1.00. The first kappa shape index (κ1) is 16.0. The molecule has 2 nitrogen and oxygen atoms in total. The van der Waals surface area contributed by atoms with Crippen LogP contribution in [-0.4, -0.2) is 37.1 Å². The predicted molar refractivity (Wildman–Crippen MR) is 81.1 cm³/mol. The molecule has 0 saturated carbocycles. The van der Waals surface area contributed by atoms with Crippen LogP contribution in [0.25, 0.3) is 0 Å². The number of rotatable bonds is 8. The van der Waals surface area contributed by atoms with Crippen molar-refractivity contribution < 1.29 is 0 Å². The van der Waals surface area contributed by atoms with E-state index in [2.05, 4.69) is 31.0 Å². The van der Waals surface area contributed by atoms with Gasteiger partial charge in [0.15, 0.2) is 0 Å². The number of unbranched alkanes of at least 4 members (excludes halogenated alkanes) is 1. The summed E-state index contributed by atoms with van der Waals surface area (Å²) in [5.74, 6) is 0.778. The summed E-state index contributed by atoms with van der Waals surface area (Å²) in [7, 11) is 0. The Balaban J connectivity index is 2.08. The topological polar surface area (TPSA) is 15.3 Å². The van der Waals surface area contributed by atoms with Crippen molar-refractivity contribution in [3.63, 3.8) is 0 Å². The Morgan fingerprint density at radius 2 is 2.00 bits per heavy atom. The van der Waals surface area contributed by atoms with Gasteiger partial charge < -0.3 is 10.2 Å². The minimum Gasteiger partial charge on any atom is -0.316 e. The summed E-state index contributed by atoms with van der Waals surface area (Å²) in [6, 6.07) is 0.871. The summed E-state index contributed by atoms with van der Waals surface area (Å²) in [6.07, 6.45) is 9.78. The molecule has 2 heteroatoms. The number of nitrogens with one attached hydrogen (secondary N) is 1. The van der Waals surface area contributed by atoms with Gasteiger partial charge in [0, 0.05) is 6.04 Å². The van der Waals surface area contributed by atoms with Gasteiger partial charge in [-0.25, -0.2) is 0 Å². The highest BCUT2D eigenvalue weighted by Crippen LogP contribution is 2.19. The smallest absolute Gasteiger partial charge is 0.00926 e. The zero-order valence-corrected chi connectivity index (χ0v) is 12.9. The SMILES string of the molecule is CCC1CCCCCN1CCCCNCC(C)C. The summed E-state index contributed by atoms with van der Waals surface area (Å²) in [4.78, 5) is 2.76. The minimum absolute atomic E-state index is 0.778. The fourth-order valence-electron chi connectivity index (χ4n) is 2.95. The van der Waals surface area contributed by atoms with Crippen molar-refractivity contribution in [1.29, 1.82) is 0 Å². The van der Waals surface area contributed by atoms with E-state index in [1.54, 1.807) is 0 Å². The highest BCUT2D eigenvalue weighted by atomic mass is 15.1. The zero-order valence-electron chi connectivity index (χ0n) is 12.9. The van der Waals surface area contributed by atoms with E-state index < -0.39 is 0 Å². The lowest BCUT2D eigenvalue weighted by atomic mass is 10.1. The monoisotopic (exact) mass is 254 g/mol. The van der Waals surface area contributed by atoms with Gasteiger partial charge >= 0.3 is 0 Å². The molecule has 18 heavy (non-hydrogen) atoms. The van der Waals surface area contributed by atoms with Crippen LogP contribution in [0.3, 0.4) is 0 Å². The molecule has 1 heterocycles. The van der Waals surface area contributed by atoms with Gasteiger partial charge in [-0.2, -0.15) is 0 Å². The molecule has 0 amide bonds. The number of hydrogen-bond acceptors (Lipinski definition) is 2. The summed E-state index contributed by atoms with van der Waals surface area (Å²) < 4.78 is 0. The first-order valence-corrected chi connectivity index (χ1v) is 8.18. The van der Waals surface area contributed by atoms with E-state index in [0.717, 1.165) is 12.0 Å². The van der Waals surface area contributed by atoms with Crippen molar-refractivity contribution in [1.82, 2.24) is 10.2 Å². The van der Waals surface area contributed by atoms with Gasteiger partial charge in [-0.15, -0.1) is 0 Å². The maximum Gasteiger partial charge on any atom is 0.00926 e. The third-order valence-electron chi connectivity index (χ3n) is 4.07. The summed E-state index contributed by atoms with van der Waals surface area (Å²) in [6.45, 7) is 11.9. The third-order valence-corrected chi connectivity index (χ3v) is 4.07. The standard InChI is InChI=1S/C16H34N2/c1-4-16-10-6-5-8-12-18(16)13-9-7-11-17-14-15(2)3/h15-17H,4-14H2,1-3H3. The zero-order chi connectivity index (χ0) is 13.2. The summed E-state index contributed by atoms with van der Waals surface area (Å²) in [5, 5.41) is 3.54. The molecule has 0 aromatic heterocycles. The maximum absolute atomic E-state index is 3.54. The molecule has 1 aliphatic heterocycles. The second-order valence-electron chi connectivity index (χ2n) is 6.25. The van der Waals surface area contributed by atoms with Gasteiger partial charge in [-0.05, 0) is 64.2 Å². The van der Waals surface area contributed by atoms with E-state index in [1.165, 1.54) is 71.1 Å². The van der Waals surface area contributed by atoms with Crippen LogP contribution in [0.2, 0.25) is 0 Å². The molecule has 1 fully saturated rings. The van der Waals surface area contributed by atoms with E-state index in [4.69, 9.17) is 0 Å². The van der Waals surface area contributed by atoms with Gasteiger partial charge in [0.05, 0.1) is 0 Å². The quantitative estimate of drug-likeness (QED) is 0.665. The first-order valence-electron chi connectivity index (χ1n) is 8.18. The minimum atomic E-state index is 0.778. The lowest BCUT2D eigenvalue weighted by molar-refractivity contribution is 0.191. The molecule has 1 rings (SSSR count). The second-order valence-corrected chi connectivity index (χ2v) is 6.25. The molecule has 0 bridgehead atoms. The Labute approximate surface area is 115 Å². The van der Waals surface area contributed by atoms with Crippen LogP contribution in [0, 0.1) is 5.92 Å². The Morgan fingerprint density at radius 1 is 1.17 bits per heavy atom. The lowest BCUT2D eigenvalue weighted by Gasteiger charge is -2.29. The van der Waals surface area contributed by atoms with Crippen molar-refractivity contribution in [2.45, 2.75) is 71.8 Å². The number of hydrogen-bond donors (Lipinski definition) is 1. The van der Waals surface area contributed by atoms with Crippen molar-refractivity contribution in [2.24, 2.45) is 5.92 Å². The van der Waals surface area contributed by atoms with Gasteiger partial charge in [0.1, 0.15) is 0 Å². The van der Waals surface area contributed by atoms with Gasteiger partial charge in [0.25, 0.3) is 0 Å². The molecular formula is C16H34N2. The van der Waals surface area contributed by atoms with Crippen LogP contribution in [0.15, 0.2) is 0 Å². The molecule has 1 atom stereocenters. The van der Waals surface area contributed by atoms with E-state index in [0.29, 0.717) is 0 Å². The molecule has 0 aliphatic carbocycles. The molecule has 0 aromatic rings. The predicted octanol–water partition coefficient (Wildman–Crippen LogP) is 3.67. The molecule has 1 aliphatic rings. The van der Waals surface area contributed by atoms with Crippen molar-refractivity contribution in [2.75, 3.05) is 26.2 Å². The first-order chi connectivity index (χ1) is 8.74. The average molecular weight is 254 g/mol. The van der Waals surface area contributed by atoms with E-state index in [-0.39, 0.29) is 0 Å². The Bertz CT molecular complexity index is 192. The van der Waals surface area contributed by atoms with Gasteiger partial charge in [-0.1, -0.05) is 33.6 Å². The third kappa shape index (κ3) is 6.75. The van der Waals surface area contributed by atoms with E-state index >= 15 is 0 Å². The Kier molecular flexibility index (Phi) is 8.70. The average Bonchev–Trinajstić information content (AvgIpc) is 2.58. The molecule has 0 spiro atoms. The van der Waals surface area contributed by atoms with Gasteiger partial charge in [0.2, 0.25) is 0 Å². The molecule has 1 saturated heterocycles. The highest BCUT2D eigenvalue weighted by Gasteiger charge is 2.18. The Morgan fingerprint density at radius 3 is 2.72 bits per heavy atom. The van der Waals surface area contributed by atoms with Gasteiger partial charge in [-0.3, -0.25) is 0 Å². The molecular weight excluding hydrogens is 220 g/mol. The van der Waals surface area contributed by atoms with E-state index in [1.807, 2.05) is 0 Å². The molecule has 108 valence electrons. The van der Waals surface area contributed by atoms with Crippen LogP contribution in [-0.2, 0) is 0 Å². The number of nitrogens with zero attached hydrogens (tertiary/aromatic N) is 1. The van der Waals surface area contributed by atoms with Crippen LogP contribution in [0.4, 0.5) is 0 Å². The van der Waals surface area contributed by atoms with Crippen LogP contribution in [0.1, 0.15) is 65.7 Å². The second kappa shape index (κ2) is 9.80. The largest absolute Gasteiger partial charge is 0.316 e. The van der Waals surface area contributed by atoms with Crippen molar-refractivity contribution in [3.8, 4) is 0 Å². The van der Waals surface area contributed by atoms with Crippen LogP contribution < -0.4 is 5.32 Å². The lowest BCUT2D eigenvalue weighted by Crippen LogP contribution is -2.35.